The van der Waals surface area contributed by atoms with Crippen molar-refractivity contribution in [2.75, 3.05) is 5.33 Å². The van der Waals surface area contributed by atoms with Gasteiger partial charge in [-0.1, -0.05) is 45.5 Å². The molecule has 1 rings (SSSR count). The molecule has 0 aromatic heterocycles. The van der Waals surface area contributed by atoms with E-state index >= 15 is 0 Å². The zero-order valence-electron chi connectivity index (χ0n) is 6.39. The zero-order valence-corrected chi connectivity index (χ0v) is 7.98. The average molecular weight is 209 g/mol. The Kier molecular flexibility index (Phi) is 3.19. The highest BCUT2D eigenvalue weighted by molar-refractivity contribution is 9.09. The maximum Gasteiger partial charge on any atom is 0.0649 e. The predicted molar refractivity (Wildman–Crippen MR) is 51.9 cm³/mol. The first-order valence-electron chi connectivity index (χ1n) is 3.44. The molecule has 0 unspecified atom stereocenters. The van der Waals surface area contributed by atoms with Crippen LogP contribution < -0.4 is 0 Å². The Labute approximate surface area is 75.8 Å². The summed E-state index contributed by atoms with van der Waals surface area (Å²) >= 11 is 3.25. The Balaban J connectivity index is 2.82. The molecule has 0 aliphatic carbocycles. The molecular weight excluding hydrogens is 200 g/mol. The SMILES string of the molecule is Cc1ccc(C#CCBr)cc1. The molecule has 0 heterocycles. The predicted octanol–water partition coefficient (Wildman–Crippen LogP) is 2.74. The molecule has 0 atom stereocenters. The van der Waals surface area contributed by atoms with Gasteiger partial charge in [-0.2, -0.15) is 0 Å². The first kappa shape index (κ1) is 8.36. The quantitative estimate of drug-likeness (QED) is 0.455. The summed E-state index contributed by atoms with van der Waals surface area (Å²) in [5.41, 5.74) is 2.35. The Morgan fingerprint density at radius 3 is 2.45 bits per heavy atom. The number of halogens is 1. The van der Waals surface area contributed by atoms with Crippen LogP contribution >= 0.6 is 15.9 Å². The van der Waals surface area contributed by atoms with Gasteiger partial charge in [0, 0.05) is 5.56 Å². The molecule has 56 valence electrons. The van der Waals surface area contributed by atoms with Gasteiger partial charge in [0.2, 0.25) is 0 Å². The minimum absolute atomic E-state index is 0.737. The van der Waals surface area contributed by atoms with Crippen LogP contribution in [-0.4, -0.2) is 5.33 Å². The summed E-state index contributed by atoms with van der Waals surface area (Å²) in [6.07, 6.45) is 0. The van der Waals surface area contributed by atoms with Gasteiger partial charge < -0.3 is 0 Å². The molecule has 0 fully saturated rings. The maximum absolute atomic E-state index is 3.25. The van der Waals surface area contributed by atoms with Crippen LogP contribution in [0.15, 0.2) is 24.3 Å². The second-order valence-electron chi connectivity index (χ2n) is 2.30. The van der Waals surface area contributed by atoms with Gasteiger partial charge in [-0.25, -0.2) is 0 Å². The van der Waals surface area contributed by atoms with E-state index in [2.05, 4.69) is 46.8 Å². The Hall–Kier alpha value is -0.740. The fourth-order valence-corrected chi connectivity index (χ4v) is 0.913. The third kappa shape index (κ3) is 2.78. The normalized spacial score (nSPS) is 8.55. The van der Waals surface area contributed by atoms with Crippen LogP contribution in [0.1, 0.15) is 11.1 Å². The van der Waals surface area contributed by atoms with Crippen molar-refractivity contribution in [3.8, 4) is 11.8 Å². The van der Waals surface area contributed by atoms with Crippen LogP contribution in [0, 0.1) is 18.8 Å². The first-order chi connectivity index (χ1) is 5.33. The number of hydrogen-bond acceptors (Lipinski definition) is 0. The van der Waals surface area contributed by atoms with Crippen molar-refractivity contribution in [1.29, 1.82) is 0 Å². The van der Waals surface area contributed by atoms with Crippen LogP contribution in [0.3, 0.4) is 0 Å². The summed E-state index contributed by atoms with van der Waals surface area (Å²) in [6.45, 7) is 2.07. The van der Waals surface area contributed by atoms with E-state index in [9.17, 15) is 0 Å². The van der Waals surface area contributed by atoms with Gasteiger partial charge in [0.1, 0.15) is 0 Å². The van der Waals surface area contributed by atoms with Crippen LogP contribution in [0.2, 0.25) is 0 Å². The van der Waals surface area contributed by atoms with Crippen molar-refractivity contribution in [1.82, 2.24) is 0 Å². The highest BCUT2D eigenvalue weighted by atomic mass is 79.9. The molecule has 11 heavy (non-hydrogen) atoms. The Morgan fingerprint density at radius 2 is 1.91 bits per heavy atom. The van der Waals surface area contributed by atoms with E-state index in [0.29, 0.717) is 0 Å². The second kappa shape index (κ2) is 4.20. The van der Waals surface area contributed by atoms with E-state index in [1.165, 1.54) is 5.56 Å². The lowest BCUT2D eigenvalue weighted by Gasteiger charge is -1.90. The molecule has 1 heteroatoms. The highest BCUT2D eigenvalue weighted by Gasteiger charge is 1.84. The van der Waals surface area contributed by atoms with Gasteiger partial charge in [0.05, 0.1) is 5.33 Å². The third-order valence-corrected chi connectivity index (χ3v) is 1.63. The third-order valence-electron chi connectivity index (χ3n) is 1.35. The summed E-state index contributed by atoms with van der Waals surface area (Å²) < 4.78 is 0. The molecular formula is C10H9Br. The van der Waals surface area contributed by atoms with E-state index in [1.54, 1.807) is 0 Å². The molecule has 0 radical (unpaired) electrons. The number of hydrogen-bond donors (Lipinski definition) is 0. The monoisotopic (exact) mass is 208 g/mol. The standard InChI is InChI=1S/C10H9Br/c1-9-4-6-10(7-5-9)3-2-8-11/h4-7H,8H2,1H3. The van der Waals surface area contributed by atoms with Gasteiger partial charge in [-0.3, -0.25) is 0 Å². The maximum atomic E-state index is 3.25. The fraction of sp³-hybridized carbons (Fsp3) is 0.200. The van der Waals surface area contributed by atoms with Gasteiger partial charge >= 0.3 is 0 Å². The molecule has 0 bridgehead atoms. The van der Waals surface area contributed by atoms with Crippen LogP contribution in [0.4, 0.5) is 0 Å². The van der Waals surface area contributed by atoms with Crippen LogP contribution in [0.5, 0.6) is 0 Å². The number of rotatable bonds is 0. The van der Waals surface area contributed by atoms with E-state index in [4.69, 9.17) is 0 Å². The molecule has 0 saturated carbocycles. The number of aryl methyl sites for hydroxylation is 1. The Morgan fingerprint density at radius 1 is 1.27 bits per heavy atom. The summed E-state index contributed by atoms with van der Waals surface area (Å²) in [7, 11) is 0. The summed E-state index contributed by atoms with van der Waals surface area (Å²) in [6, 6.07) is 8.20. The lowest BCUT2D eigenvalue weighted by atomic mass is 10.2. The summed E-state index contributed by atoms with van der Waals surface area (Å²) in [4.78, 5) is 0. The van der Waals surface area contributed by atoms with Crippen molar-refractivity contribution >= 4 is 15.9 Å². The molecule has 0 saturated heterocycles. The lowest BCUT2D eigenvalue weighted by Crippen LogP contribution is -1.74. The highest BCUT2D eigenvalue weighted by Crippen LogP contribution is 2.00. The van der Waals surface area contributed by atoms with Crippen molar-refractivity contribution in [3.05, 3.63) is 35.4 Å². The van der Waals surface area contributed by atoms with E-state index in [-0.39, 0.29) is 0 Å². The van der Waals surface area contributed by atoms with Crippen LogP contribution in [0.25, 0.3) is 0 Å². The van der Waals surface area contributed by atoms with Crippen molar-refractivity contribution in [2.45, 2.75) is 6.92 Å². The van der Waals surface area contributed by atoms with Crippen molar-refractivity contribution in [2.24, 2.45) is 0 Å². The molecule has 0 N–H and O–H groups in total. The van der Waals surface area contributed by atoms with Gasteiger partial charge in [0.15, 0.2) is 0 Å². The topological polar surface area (TPSA) is 0 Å². The van der Waals surface area contributed by atoms with Gasteiger partial charge in [-0.15, -0.1) is 0 Å². The zero-order chi connectivity index (χ0) is 8.10. The van der Waals surface area contributed by atoms with Gasteiger partial charge in [-0.05, 0) is 19.1 Å². The molecule has 1 aromatic rings. The minimum Gasteiger partial charge on any atom is -0.0863 e. The van der Waals surface area contributed by atoms with Crippen LogP contribution in [-0.2, 0) is 0 Å². The molecule has 1 aromatic carbocycles. The van der Waals surface area contributed by atoms with E-state index < -0.39 is 0 Å². The fourth-order valence-electron chi connectivity index (χ4n) is 0.772. The van der Waals surface area contributed by atoms with Gasteiger partial charge in [0.25, 0.3) is 0 Å². The minimum atomic E-state index is 0.737. The largest absolute Gasteiger partial charge is 0.0863 e. The second-order valence-corrected chi connectivity index (χ2v) is 2.86. The number of benzene rings is 1. The van der Waals surface area contributed by atoms with Crippen molar-refractivity contribution in [3.63, 3.8) is 0 Å². The van der Waals surface area contributed by atoms with E-state index in [1.807, 2.05) is 12.1 Å². The van der Waals surface area contributed by atoms with E-state index in [0.717, 1.165) is 10.9 Å². The molecule has 0 aliphatic rings. The summed E-state index contributed by atoms with van der Waals surface area (Å²) in [5.74, 6) is 5.98. The average Bonchev–Trinajstić information content (AvgIpc) is 2.04. The molecule has 0 aliphatic heterocycles. The molecule has 0 nitrogen and oxygen atoms in total. The Bertz CT molecular complexity index is 274. The summed E-state index contributed by atoms with van der Waals surface area (Å²) in [5, 5.41) is 0.737. The molecule has 0 amide bonds. The smallest absolute Gasteiger partial charge is 0.0649 e. The number of alkyl halides is 1. The lowest BCUT2D eigenvalue weighted by molar-refractivity contribution is 1.46. The first-order valence-corrected chi connectivity index (χ1v) is 4.56. The van der Waals surface area contributed by atoms with Crippen molar-refractivity contribution < 1.29 is 0 Å². The molecule has 0 spiro atoms.